The van der Waals surface area contributed by atoms with Crippen molar-refractivity contribution >= 4 is 15.9 Å². The van der Waals surface area contributed by atoms with Gasteiger partial charge < -0.3 is 4.74 Å². The first-order valence-electron chi connectivity index (χ1n) is 4.60. The van der Waals surface area contributed by atoms with Crippen LogP contribution in [-0.2, 0) is 4.74 Å². The van der Waals surface area contributed by atoms with E-state index in [-0.39, 0.29) is 0 Å². The van der Waals surface area contributed by atoms with Crippen LogP contribution in [0.25, 0.3) is 0 Å². The highest BCUT2D eigenvalue weighted by Gasteiger charge is 2.24. The Labute approximate surface area is 83.4 Å². The number of likely N-dealkylation sites (tertiary alicyclic amines) is 1. The topological polar surface area (TPSA) is 12.5 Å². The van der Waals surface area contributed by atoms with Gasteiger partial charge in [-0.05, 0) is 26.3 Å². The third-order valence-electron chi connectivity index (χ3n) is 2.57. The Bertz CT molecular complexity index is 132. The van der Waals surface area contributed by atoms with E-state index in [2.05, 4.69) is 27.8 Å². The highest BCUT2D eigenvalue weighted by Crippen LogP contribution is 2.19. The number of ether oxygens (including phenoxy) is 1. The lowest BCUT2D eigenvalue weighted by Crippen LogP contribution is -2.36. The standard InChI is InChI=1S/C9H18BrNO/c1-8(12-2)7-11-5-3-4-9(11)6-10/h8-9H,3-7H2,1-2H3. The summed E-state index contributed by atoms with van der Waals surface area (Å²) in [4.78, 5) is 2.52. The molecule has 2 atom stereocenters. The third kappa shape index (κ3) is 2.71. The second-order valence-electron chi connectivity index (χ2n) is 3.49. The van der Waals surface area contributed by atoms with Crippen LogP contribution < -0.4 is 0 Å². The molecule has 1 aliphatic heterocycles. The molecule has 3 heteroatoms. The van der Waals surface area contributed by atoms with Crippen LogP contribution >= 0.6 is 15.9 Å². The summed E-state index contributed by atoms with van der Waals surface area (Å²) in [5, 5.41) is 1.10. The summed E-state index contributed by atoms with van der Waals surface area (Å²) in [6.07, 6.45) is 3.04. The molecule has 1 saturated heterocycles. The van der Waals surface area contributed by atoms with Gasteiger partial charge in [-0.25, -0.2) is 0 Å². The molecule has 1 fully saturated rings. The number of hydrogen-bond donors (Lipinski definition) is 0. The normalized spacial score (nSPS) is 27.8. The fourth-order valence-electron chi connectivity index (χ4n) is 1.72. The smallest absolute Gasteiger partial charge is 0.0670 e. The molecular weight excluding hydrogens is 218 g/mol. The Kier molecular flexibility index (Phi) is 4.54. The Morgan fingerprint density at radius 1 is 1.67 bits per heavy atom. The van der Waals surface area contributed by atoms with Crippen LogP contribution in [0, 0.1) is 0 Å². The van der Waals surface area contributed by atoms with E-state index in [0.29, 0.717) is 6.10 Å². The molecule has 2 nitrogen and oxygen atoms in total. The zero-order chi connectivity index (χ0) is 8.97. The van der Waals surface area contributed by atoms with Gasteiger partial charge in [-0.1, -0.05) is 15.9 Å². The lowest BCUT2D eigenvalue weighted by Gasteiger charge is -2.25. The summed E-state index contributed by atoms with van der Waals surface area (Å²) in [6.45, 7) is 4.44. The minimum absolute atomic E-state index is 0.365. The van der Waals surface area contributed by atoms with E-state index in [1.54, 1.807) is 7.11 Å². The van der Waals surface area contributed by atoms with E-state index in [9.17, 15) is 0 Å². The van der Waals surface area contributed by atoms with Gasteiger partial charge in [-0.2, -0.15) is 0 Å². The van der Waals surface area contributed by atoms with Crippen LogP contribution in [0.5, 0.6) is 0 Å². The third-order valence-corrected chi connectivity index (χ3v) is 3.32. The van der Waals surface area contributed by atoms with E-state index in [1.165, 1.54) is 19.4 Å². The summed E-state index contributed by atoms with van der Waals surface area (Å²) in [7, 11) is 1.78. The quantitative estimate of drug-likeness (QED) is 0.691. The van der Waals surface area contributed by atoms with Crippen LogP contribution in [0.4, 0.5) is 0 Å². The molecule has 0 bridgehead atoms. The molecule has 1 heterocycles. The maximum atomic E-state index is 5.25. The summed E-state index contributed by atoms with van der Waals surface area (Å²) in [6, 6.07) is 0.739. The zero-order valence-electron chi connectivity index (χ0n) is 7.92. The number of hydrogen-bond acceptors (Lipinski definition) is 2. The Hall–Kier alpha value is 0.400. The van der Waals surface area contributed by atoms with E-state index in [1.807, 2.05) is 0 Å². The maximum absolute atomic E-state index is 5.25. The SMILES string of the molecule is COC(C)CN1CCCC1CBr. The molecule has 0 aromatic carbocycles. The van der Waals surface area contributed by atoms with Crippen LogP contribution in [0.3, 0.4) is 0 Å². The van der Waals surface area contributed by atoms with Crippen molar-refractivity contribution in [1.82, 2.24) is 4.90 Å². The average molecular weight is 236 g/mol. The Morgan fingerprint density at radius 3 is 3.00 bits per heavy atom. The monoisotopic (exact) mass is 235 g/mol. The van der Waals surface area contributed by atoms with E-state index < -0.39 is 0 Å². The van der Waals surface area contributed by atoms with E-state index in [4.69, 9.17) is 4.74 Å². The molecule has 72 valence electrons. The van der Waals surface area contributed by atoms with Crippen molar-refractivity contribution in [3.63, 3.8) is 0 Å². The Balaban J connectivity index is 2.30. The van der Waals surface area contributed by atoms with Crippen molar-refractivity contribution in [3.8, 4) is 0 Å². The largest absolute Gasteiger partial charge is 0.380 e. The van der Waals surface area contributed by atoms with Gasteiger partial charge in [0.1, 0.15) is 0 Å². The van der Waals surface area contributed by atoms with Gasteiger partial charge in [0, 0.05) is 25.0 Å². The number of rotatable bonds is 4. The predicted octanol–water partition coefficient (Wildman–Crippen LogP) is 1.88. The molecule has 0 aromatic rings. The molecular formula is C9H18BrNO. The van der Waals surface area contributed by atoms with Gasteiger partial charge in [-0.3, -0.25) is 4.90 Å². The Morgan fingerprint density at radius 2 is 2.42 bits per heavy atom. The zero-order valence-corrected chi connectivity index (χ0v) is 9.51. The lowest BCUT2D eigenvalue weighted by molar-refractivity contribution is 0.0756. The van der Waals surface area contributed by atoms with Gasteiger partial charge in [0.15, 0.2) is 0 Å². The fourth-order valence-corrected chi connectivity index (χ4v) is 2.45. The maximum Gasteiger partial charge on any atom is 0.0670 e. The van der Waals surface area contributed by atoms with Crippen molar-refractivity contribution in [3.05, 3.63) is 0 Å². The van der Waals surface area contributed by atoms with E-state index in [0.717, 1.165) is 17.9 Å². The molecule has 0 N–H and O–H groups in total. The summed E-state index contributed by atoms with van der Waals surface area (Å²) in [5.41, 5.74) is 0. The summed E-state index contributed by atoms with van der Waals surface area (Å²) in [5.74, 6) is 0. The highest BCUT2D eigenvalue weighted by molar-refractivity contribution is 9.09. The number of nitrogens with zero attached hydrogens (tertiary/aromatic N) is 1. The van der Waals surface area contributed by atoms with Crippen molar-refractivity contribution in [2.24, 2.45) is 0 Å². The van der Waals surface area contributed by atoms with Gasteiger partial charge in [0.25, 0.3) is 0 Å². The minimum Gasteiger partial charge on any atom is -0.380 e. The highest BCUT2D eigenvalue weighted by atomic mass is 79.9. The van der Waals surface area contributed by atoms with Crippen LogP contribution in [-0.4, -0.2) is 42.6 Å². The molecule has 1 rings (SSSR count). The molecule has 0 spiro atoms. The molecule has 12 heavy (non-hydrogen) atoms. The second-order valence-corrected chi connectivity index (χ2v) is 4.14. The minimum atomic E-state index is 0.365. The first-order valence-corrected chi connectivity index (χ1v) is 5.73. The number of methoxy groups -OCH3 is 1. The van der Waals surface area contributed by atoms with Crippen molar-refractivity contribution < 1.29 is 4.74 Å². The summed E-state index contributed by atoms with van der Waals surface area (Å²) >= 11 is 3.55. The molecule has 0 radical (unpaired) electrons. The van der Waals surface area contributed by atoms with Crippen molar-refractivity contribution in [2.45, 2.75) is 31.9 Å². The molecule has 2 unspecified atom stereocenters. The molecule has 0 aromatic heterocycles. The first-order chi connectivity index (χ1) is 5.77. The molecule has 0 aliphatic carbocycles. The second kappa shape index (κ2) is 5.20. The van der Waals surface area contributed by atoms with Crippen molar-refractivity contribution in [2.75, 3.05) is 25.5 Å². The fraction of sp³-hybridized carbons (Fsp3) is 1.00. The number of halogens is 1. The van der Waals surface area contributed by atoms with E-state index >= 15 is 0 Å². The lowest BCUT2D eigenvalue weighted by atomic mass is 10.2. The predicted molar refractivity (Wildman–Crippen MR) is 54.9 cm³/mol. The van der Waals surface area contributed by atoms with Gasteiger partial charge >= 0.3 is 0 Å². The van der Waals surface area contributed by atoms with Gasteiger partial charge in [-0.15, -0.1) is 0 Å². The molecule has 0 saturated carbocycles. The van der Waals surface area contributed by atoms with Crippen molar-refractivity contribution in [1.29, 1.82) is 0 Å². The number of alkyl halides is 1. The van der Waals surface area contributed by atoms with Crippen LogP contribution in [0.2, 0.25) is 0 Å². The molecule has 0 amide bonds. The summed E-state index contributed by atoms with van der Waals surface area (Å²) < 4.78 is 5.25. The van der Waals surface area contributed by atoms with Gasteiger partial charge in [0.05, 0.1) is 6.10 Å². The molecule has 1 aliphatic rings. The van der Waals surface area contributed by atoms with Crippen LogP contribution in [0.15, 0.2) is 0 Å². The first kappa shape index (κ1) is 10.5. The van der Waals surface area contributed by atoms with Crippen LogP contribution in [0.1, 0.15) is 19.8 Å². The average Bonchev–Trinajstić information content (AvgIpc) is 2.51. The van der Waals surface area contributed by atoms with Gasteiger partial charge in [0.2, 0.25) is 0 Å².